The number of hydrogen-bond donors (Lipinski definition) is 1. The van der Waals surface area contributed by atoms with E-state index in [1.54, 1.807) is 23.1 Å². The Morgan fingerprint density at radius 1 is 1.25 bits per heavy atom. The van der Waals surface area contributed by atoms with E-state index in [4.69, 9.17) is 5.11 Å². The summed E-state index contributed by atoms with van der Waals surface area (Å²) in [6.07, 6.45) is 4.47. The number of nitrogens with zero attached hydrogens (tertiary/aromatic N) is 3. The molecule has 0 unspecified atom stereocenters. The second-order valence-corrected chi connectivity index (χ2v) is 6.12. The van der Waals surface area contributed by atoms with Crippen LogP contribution in [0.15, 0.2) is 4.34 Å². The minimum Gasteiger partial charge on any atom is -0.396 e. The van der Waals surface area contributed by atoms with E-state index >= 15 is 0 Å². The highest BCUT2D eigenvalue weighted by atomic mass is 32.2. The molecule has 16 heavy (non-hydrogen) atoms. The van der Waals surface area contributed by atoms with Gasteiger partial charge in [0.2, 0.25) is 5.13 Å². The van der Waals surface area contributed by atoms with Gasteiger partial charge in [-0.25, -0.2) is 0 Å². The fraction of sp³-hybridized carbons (Fsp3) is 0.800. The number of thioether (sulfide) groups is 1. The second kappa shape index (κ2) is 6.42. The molecule has 0 aliphatic carbocycles. The fourth-order valence-corrected chi connectivity index (χ4v) is 3.63. The van der Waals surface area contributed by atoms with Crippen LogP contribution in [0.1, 0.15) is 25.7 Å². The third-order valence-corrected chi connectivity index (χ3v) is 4.75. The van der Waals surface area contributed by atoms with Gasteiger partial charge in [-0.15, -0.1) is 10.2 Å². The summed E-state index contributed by atoms with van der Waals surface area (Å²) in [5.41, 5.74) is 0. The Hall–Kier alpha value is -0.330. The van der Waals surface area contributed by atoms with Crippen LogP contribution in [-0.2, 0) is 0 Å². The molecule has 1 fully saturated rings. The summed E-state index contributed by atoms with van der Waals surface area (Å²) < 4.78 is 1.06. The van der Waals surface area contributed by atoms with E-state index in [0.717, 1.165) is 41.2 Å². The minimum atomic E-state index is 0.287. The van der Waals surface area contributed by atoms with Crippen LogP contribution in [0, 0.1) is 0 Å². The van der Waals surface area contributed by atoms with Crippen molar-refractivity contribution in [3.05, 3.63) is 0 Å². The number of anilines is 1. The SMILES string of the molecule is OCCCCSc1nnc(N2CCCC2)s1. The van der Waals surface area contributed by atoms with Gasteiger partial charge in [-0.1, -0.05) is 23.1 Å². The van der Waals surface area contributed by atoms with Crippen LogP contribution in [0.3, 0.4) is 0 Å². The van der Waals surface area contributed by atoms with Crippen LogP contribution >= 0.6 is 23.1 Å². The van der Waals surface area contributed by atoms with Crippen molar-refractivity contribution in [2.45, 2.75) is 30.0 Å². The van der Waals surface area contributed by atoms with Crippen LogP contribution in [-0.4, -0.2) is 40.8 Å². The van der Waals surface area contributed by atoms with E-state index in [1.165, 1.54) is 12.8 Å². The van der Waals surface area contributed by atoms with Gasteiger partial charge in [-0.2, -0.15) is 0 Å². The summed E-state index contributed by atoms with van der Waals surface area (Å²) in [6, 6.07) is 0. The van der Waals surface area contributed by atoms with Crippen molar-refractivity contribution in [2.75, 3.05) is 30.3 Å². The summed E-state index contributed by atoms with van der Waals surface area (Å²) in [4.78, 5) is 2.31. The molecule has 1 aromatic heterocycles. The Kier molecular flexibility index (Phi) is 4.87. The van der Waals surface area contributed by atoms with E-state index in [2.05, 4.69) is 15.1 Å². The minimum absolute atomic E-state index is 0.287. The van der Waals surface area contributed by atoms with Gasteiger partial charge >= 0.3 is 0 Å². The van der Waals surface area contributed by atoms with E-state index in [0.29, 0.717) is 0 Å². The number of unbranched alkanes of at least 4 members (excludes halogenated alkanes) is 1. The molecule has 0 atom stereocenters. The monoisotopic (exact) mass is 259 g/mol. The van der Waals surface area contributed by atoms with Gasteiger partial charge in [-0.3, -0.25) is 0 Å². The predicted molar refractivity (Wildman–Crippen MR) is 68.4 cm³/mol. The van der Waals surface area contributed by atoms with Gasteiger partial charge in [0.05, 0.1) is 0 Å². The molecule has 2 heterocycles. The van der Waals surface area contributed by atoms with Gasteiger partial charge in [-0.05, 0) is 25.7 Å². The van der Waals surface area contributed by atoms with Crippen molar-refractivity contribution in [2.24, 2.45) is 0 Å². The molecular formula is C10H17N3OS2. The number of aliphatic hydroxyl groups excluding tert-OH is 1. The lowest BCUT2D eigenvalue weighted by Gasteiger charge is -2.10. The molecule has 0 bridgehead atoms. The maximum atomic E-state index is 8.67. The average Bonchev–Trinajstić information content (AvgIpc) is 2.94. The van der Waals surface area contributed by atoms with Crippen LogP contribution < -0.4 is 4.90 Å². The lowest BCUT2D eigenvalue weighted by atomic mass is 10.4. The third kappa shape index (κ3) is 3.33. The molecule has 2 rings (SSSR count). The molecule has 6 heteroatoms. The van der Waals surface area contributed by atoms with Crippen molar-refractivity contribution >= 4 is 28.2 Å². The normalized spacial score (nSPS) is 15.9. The average molecular weight is 259 g/mol. The molecule has 1 aliphatic rings. The highest BCUT2D eigenvalue weighted by Gasteiger charge is 2.16. The summed E-state index contributed by atoms with van der Waals surface area (Å²) in [6.45, 7) is 2.54. The zero-order valence-electron chi connectivity index (χ0n) is 9.26. The van der Waals surface area contributed by atoms with Gasteiger partial charge in [0.25, 0.3) is 0 Å². The molecule has 1 aromatic rings. The molecule has 1 aliphatic heterocycles. The molecular weight excluding hydrogens is 242 g/mol. The van der Waals surface area contributed by atoms with Crippen molar-refractivity contribution in [3.63, 3.8) is 0 Å². The molecule has 1 N–H and O–H groups in total. The maximum Gasteiger partial charge on any atom is 0.209 e. The van der Waals surface area contributed by atoms with Crippen molar-refractivity contribution in [1.82, 2.24) is 10.2 Å². The van der Waals surface area contributed by atoms with Crippen LogP contribution in [0.4, 0.5) is 5.13 Å². The first-order chi connectivity index (χ1) is 7.90. The van der Waals surface area contributed by atoms with Crippen molar-refractivity contribution < 1.29 is 5.11 Å². The lowest BCUT2D eigenvalue weighted by Crippen LogP contribution is -2.17. The quantitative estimate of drug-likeness (QED) is 0.625. The molecule has 0 aromatic carbocycles. The topological polar surface area (TPSA) is 49.3 Å². The third-order valence-electron chi connectivity index (χ3n) is 2.55. The molecule has 1 saturated heterocycles. The zero-order valence-corrected chi connectivity index (χ0v) is 10.9. The molecule has 4 nitrogen and oxygen atoms in total. The molecule has 0 spiro atoms. The molecule has 0 saturated carbocycles. The van der Waals surface area contributed by atoms with Gasteiger partial charge in [0, 0.05) is 25.4 Å². The summed E-state index contributed by atoms with van der Waals surface area (Å²) in [5, 5.41) is 18.1. The van der Waals surface area contributed by atoms with E-state index in [-0.39, 0.29) is 6.61 Å². The lowest BCUT2D eigenvalue weighted by molar-refractivity contribution is 0.287. The first-order valence-corrected chi connectivity index (χ1v) is 7.52. The van der Waals surface area contributed by atoms with Gasteiger partial charge in [0.1, 0.15) is 0 Å². The number of rotatable bonds is 6. The maximum absolute atomic E-state index is 8.67. The van der Waals surface area contributed by atoms with Gasteiger partial charge in [0.15, 0.2) is 4.34 Å². The Balaban J connectivity index is 1.77. The highest BCUT2D eigenvalue weighted by molar-refractivity contribution is 8.01. The Morgan fingerprint density at radius 3 is 2.81 bits per heavy atom. The molecule has 0 radical (unpaired) electrons. The van der Waals surface area contributed by atoms with Crippen LogP contribution in [0.5, 0.6) is 0 Å². The van der Waals surface area contributed by atoms with E-state index in [9.17, 15) is 0 Å². The molecule has 0 amide bonds. The predicted octanol–water partition coefficient (Wildman–Crippen LogP) is 2.00. The van der Waals surface area contributed by atoms with Crippen molar-refractivity contribution in [1.29, 1.82) is 0 Å². The van der Waals surface area contributed by atoms with Gasteiger partial charge < -0.3 is 10.0 Å². The second-order valence-electron chi connectivity index (χ2n) is 3.82. The first-order valence-electron chi connectivity index (χ1n) is 5.72. The van der Waals surface area contributed by atoms with E-state index in [1.807, 2.05) is 0 Å². The fourth-order valence-electron chi connectivity index (χ4n) is 1.67. The number of aromatic nitrogens is 2. The highest BCUT2D eigenvalue weighted by Crippen LogP contribution is 2.30. The Bertz CT molecular complexity index is 313. The van der Waals surface area contributed by atoms with Crippen LogP contribution in [0.25, 0.3) is 0 Å². The Labute approximate surface area is 104 Å². The molecule has 90 valence electrons. The summed E-state index contributed by atoms with van der Waals surface area (Å²) in [7, 11) is 0. The summed E-state index contributed by atoms with van der Waals surface area (Å²) in [5.74, 6) is 1.02. The zero-order chi connectivity index (χ0) is 11.2. The first kappa shape index (κ1) is 12.1. The van der Waals surface area contributed by atoms with Crippen molar-refractivity contribution in [3.8, 4) is 0 Å². The Morgan fingerprint density at radius 2 is 2.06 bits per heavy atom. The smallest absolute Gasteiger partial charge is 0.209 e. The number of aliphatic hydroxyl groups is 1. The standard InChI is InChI=1S/C10H17N3OS2/c14-7-3-4-8-15-10-12-11-9(16-10)13-5-1-2-6-13/h14H,1-8H2. The van der Waals surface area contributed by atoms with E-state index < -0.39 is 0 Å². The van der Waals surface area contributed by atoms with Crippen LogP contribution in [0.2, 0.25) is 0 Å². The number of hydrogen-bond acceptors (Lipinski definition) is 6. The largest absolute Gasteiger partial charge is 0.396 e. The summed E-state index contributed by atoms with van der Waals surface area (Å²) >= 11 is 3.44.